The molecule has 1 rings (SSSR count). The molecule has 0 bridgehead atoms. The van der Waals surface area contributed by atoms with E-state index < -0.39 is 30.3 Å². The van der Waals surface area contributed by atoms with Crippen molar-refractivity contribution in [2.75, 3.05) is 0 Å². The van der Waals surface area contributed by atoms with E-state index in [0.717, 1.165) is 0 Å². The number of hydrogen-bond donors (Lipinski definition) is 1. The number of carbonyl (C=O) groups is 3. The van der Waals surface area contributed by atoms with Gasteiger partial charge in [0.15, 0.2) is 0 Å². The van der Waals surface area contributed by atoms with Crippen LogP contribution in [0.15, 0.2) is 30.3 Å². The molecule has 0 radical (unpaired) electrons. The molecule has 0 saturated carbocycles. The van der Waals surface area contributed by atoms with Crippen LogP contribution < -0.4 is 5.43 Å². The smallest absolute Gasteiger partial charge is 0.436 e. The van der Waals surface area contributed by atoms with Crippen molar-refractivity contribution >= 4 is 18.1 Å². The maximum atomic E-state index is 12.3. The lowest BCUT2D eigenvalue weighted by atomic mass is 10.2. The number of benzene rings is 1. The van der Waals surface area contributed by atoms with Crippen LogP contribution in [0.3, 0.4) is 0 Å². The van der Waals surface area contributed by atoms with Gasteiger partial charge in [-0.3, -0.25) is 4.79 Å². The second kappa shape index (κ2) is 8.02. The van der Waals surface area contributed by atoms with E-state index in [4.69, 9.17) is 9.47 Å². The van der Waals surface area contributed by atoms with Crippen molar-refractivity contribution in [1.29, 1.82) is 0 Å². The Morgan fingerprint density at radius 2 is 1.50 bits per heavy atom. The second-order valence-corrected chi connectivity index (χ2v) is 5.00. The highest BCUT2D eigenvalue weighted by atomic mass is 16.6. The van der Waals surface area contributed by atoms with Crippen molar-refractivity contribution < 1.29 is 23.9 Å². The molecule has 1 N–H and O–H groups in total. The number of amides is 3. The Hall–Kier alpha value is -2.57. The fourth-order valence-corrected chi connectivity index (χ4v) is 1.48. The summed E-state index contributed by atoms with van der Waals surface area (Å²) in [5.74, 6) is -0.716. The average Bonchev–Trinajstić information content (AvgIpc) is 2.43. The van der Waals surface area contributed by atoms with E-state index in [1.165, 1.54) is 12.1 Å². The van der Waals surface area contributed by atoms with E-state index in [2.05, 4.69) is 5.43 Å². The molecule has 0 saturated heterocycles. The van der Waals surface area contributed by atoms with Crippen LogP contribution in [0.2, 0.25) is 0 Å². The molecule has 22 heavy (non-hydrogen) atoms. The van der Waals surface area contributed by atoms with Gasteiger partial charge in [-0.05, 0) is 39.8 Å². The lowest BCUT2D eigenvalue weighted by molar-refractivity contribution is 0.0383. The van der Waals surface area contributed by atoms with Crippen LogP contribution in [-0.2, 0) is 9.47 Å². The number of carbonyl (C=O) groups excluding carboxylic acids is 3. The molecule has 1 aromatic rings. The fourth-order valence-electron chi connectivity index (χ4n) is 1.48. The van der Waals surface area contributed by atoms with Crippen molar-refractivity contribution in [3.8, 4) is 0 Å². The van der Waals surface area contributed by atoms with E-state index in [9.17, 15) is 14.4 Å². The number of nitrogens with zero attached hydrogens (tertiary/aromatic N) is 1. The molecule has 7 heteroatoms. The predicted octanol–water partition coefficient (Wildman–Crippen LogP) is 2.72. The van der Waals surface area contributed by atoms with Gasteiger partial charge in [0.05, 0.1) is 12.2 Å². The quantitative estimate of drug-likeness (QED) is 0.868. The normalized spacial score (nSPS) is 10.3. The zero-order chi connectivity index (χ0) is 16.7. The zero-order valence-corrected chi connectivity index (χ0v) is 13.0. The Bertz CT molecular complexity index is 528. The average molecular weight is 308 g/mol. The van der Waals surface area contributed by atoms with Gasteiger partial charge < -0.3 is 9.47 Å². The first-order valence-electron chi connectivity index (χ1n) is 6.88. The molecule has 120 valence electrons. The first kappa shape index (κ1) is 17.5. The third kappa shape index (κ3) is 5.43. The molecule has 0 heterocycles. The molecular weight excluding hydrogens is 288 g/mol. The summed E-state index contributed by atoms with van der Waals surface area (Å²) in [4.78, 5) is 36.0. The van der Waals surface area contributed by atoms with Gasteiger partial charge in [-0.2, -0.15) is 0 Å². The van der Waals surface area contributed by atoms with Crippen LogP contribution in [-0.4, -0.2) is 35.3 Å². The van der Waals surface area contributed by atoms with Gasteiger partial charge in [-0.25, -0.2) is 15.0 Å². The summed E-state index contributed by atoms with van der Waals surface area (Å²) < 4.78 is 9.83. The molecule has 0 unspecified atom stereocenters. The van der Waals surface area contributed by atoms with Gasteiger partial charge in [-0.1, -0.05) is 18.2 Å². The number of hydrazine groups is 1. The molecule has 0 aliphatic carbocycles. The van der Waals surface area contributed by atoms with Gasteiger partial charge in [0.1, 0.15) is 0 Å². The lowest BCUT2D eigenvalue weighted by Gasteiger charge is -2.22. The Kier molecular flexibility index (Phi) is 6.37. The first-order valence-corrected chi connectivity index (χ1v) is 6.88. The van der Waals surface area contributed by atoms with Gasteiger partial charge >= 0.3 is 12.2 Å². The summed E-state index contributed by atoms with van der Waals surface area (Å²) in [6.07, 6.45) is -2.74. The molecule has 0 fully saturated rings. The standard InChI is InChI=1S/C15H20N2O5/c1-10(2)21-14(19)16-17(15(20)22-11(3)4)13(18)12-8-6-5-7-9-12/h5-11H,1-4H3,(H,16,19). The van der Waals surface area contributed by atoms with E-state index >= 15 is 0 Å². The van der Waals surface area contributed by atoms with Gasteiger partial charge in [0.2, 0.25) is 0 Å². The third-order valence-corrected chi connectivity index (χ3v) is 2.29. The molecule has 3 amide bonds. The summed E-state index contributed by atoms with van der Waals surface area (Å²) >= 11 is 0. The van der Waals surface area contributed by atoms with E-state index in [1.807, 2.05) is 0 Å². The minimum atomic E-state index is -0.982. The summed E-state index contributed by atoms with van der Waals surface area (Å²) in [5.41, 5.74) is 2.33. The number of ether oxygens (including phenoxy) is 2. The van der Waals surface area contributed by atoms with Crippen LogP contribution in [0.4, 0.5) is 9.59 Å². The van der Waals surface area contributed by atoms with E-state index in [1.54, 1.807) is 45.9 Å². The van der Waals surface area contributed by atoms with Gasteiger partial charge in [0, 0.05) is 5.56 Å². The zero-order valence-electron chi connectivity index (χ0n) is 13.0. The lowest BCUT2D eigenvalue weighted by Crippen LogP contribution is -2.51. The Morgan fingerprint density at radius 1 is 0.955 bits per heavy atom. The summed E-state index contributed by atoms with van der Waals surface area (Å²) in [6, 6.07) is 8.06. The second-order valence-electron chi connectivity index (χ2n) is 5.00. The number of imide groups is 1. The van der Waals surface area contributed by atoms with E-state index in [-0.39, 0.29) is 5.56 Å². The fraction of sp³-hybridized carbons (Fsp3) is 0.400. The summed E-state index contributed by atoms with van der Waals surface area (Å²) in [6.45, 7) is 6.57. The molecule has 0 aliphatic rings. The largest absolute Gasteiger partial charge is 0.446 e. The number of rotatable bonds is 3. The molecule has 7 nitrogen and oxygen atoms in total. The van der Waals surface area contributed by atoms with Crippen molar-refractivity contribution in [3.63, 3.8) is 0 Å². The molecule has 0 spiro atoms. The maximum absolute atomic E-state index is 12.3. The van der Waals surface area contributed by atoms with Crippen LogP contribution >= 0.6 is 0 Å². The van der Waals surface area contributed by atoms with Crippen LogP contribution in [0, 0.1) is 0 Å². The first-order chi connectivity index (χ1) is 10.3. The molecule has 0 aromatic heterocycles. The van der Waals surface area contributed by atoms with E-state index in [0.29, 0.717) is 5.01 Å². The van der Waals surface area contributed by atoms with Crippen molar-refractivity contribution in [2.24, 2.45) is 0 Å². The Balaban J connectivity index is 2.93. The van der Waals surface area contributed by atoms with Gasteiger partial charge in [0.25, 0.3) is 5.91 Å². The molecule has 1 aromatic carbocycles. The SMILES string of the molecule is CC(C)OC(=O)NN(C(=O)OC(C)C)C(=O)c1ccccc1. The van der Waals surface area contributed by atoms with Crippen LogP contribution in [0.1, 0.15) is 38.1 Å². The highest BCUT2D eigenvalue weighted by Gasteiger charge is 2.28. The third-order valence-electron chi connectivity index (χ3n) is 2.29. The number of nitrogens with one attached hydrogen (secondary N) is 1. The monoisotopic (exact) mass is 308 g/mol. The van der Waals surface area contributed by atoms with Crippen molar-refractivity contribution in [2.45, 2.75) is 39.9 Å². The molecule has 0 aliphatic heterocycles. The Labute approximate surface area is 129 Å². The highest BCUT2D eigenvalue weighted by Crippen LogP contribution is 2.06. The van der Waals surface area contributed by atoms with Crippen LogP contribution in [0.5, 0.6) is 0 Å². The minimum Gasteiger partial charge on any atom is -0.446 e. The van der Waals surface area contributed by atoms with Crippen molar-refractivity contribution in [1.82, 2.24) is 10.4 Å². The molecular formula is C15H20N2O5. The topological polar surface area (TPSA) is 84.9 Å². The Morgan fingerprint density at radius 3 is 2.00 bits per heavy atom. The summed E-state index contributed by atoms with van der Waals surface area (Å²) in [7, 11) is 0. The number of hydrogen-bond acceptors (Lipinski definition) is 5. The van der Waals surface area contributed by atoms with Gasteiger partial charge in [-0.15, -0.1) is 5.01 Å². The van der Waals surface area contributed by atoms with Crippen LogP contribution in [0.25, 0.3) is 0 Å². The predicted molar refractivity (Wildman–Crippen MR) is 79.0 cm³/mol. The highest BCUT2D eigenvalue weighted by molar-refractivity contribution is 6.03. The summed E-state index contributed by atoms with van der Waals surface area (Å²) in [5, 5.41) is 0.500. The minimum absolute atomic E-state index is 0.230. The maximum Gasteiger partial charge on any atom is 0.436 e. The van der Waals surface area contributed by atoms with Crippen molar-refractivity contribution in [3.05, 3.63) is 35.9 Å². The molecule has 0 atom stereocenters.